The molecule has 1 aromatic carbocycles. The second-order valence-corrected chi connectivity index (χ2v) is 9.83. The summed E-state index contributed by atoms with van der Waals surface area (Å²) < 4.78 is 40.5. The van der Waals surface area contributed by atoms with E-state index in [-0.39, 0.29) is 31.7 Å². The number of nitrogens with zero attached hydrogens (tertiary/aromatic N) is 2. The largest absolute Gasteiger partial charge is 0.474 e. The lowest BCUT2D eigenvalue weighted by atomic mass is 10.0. The number of aromatic nitrogens is 2. The number of halogens is 4. The summed E-state index contributed by atoms with van der Waals surface area (Å²) in [6.45, 7) is 9.56. The van der Waals surface area contributed by atoms with Crippen molar-refractivity contribution >= 4 is 42.9 Å². The van der Waals surface area contributed by atoms with Crippen LogP contribution in [-0.2, 0) is 0 Å². The van der Waals surface area contributed by atoms with E-state index < -0.39 is 11.6 Å². The third-order valence-electron chi connectivity index (χ3n) is 5.83. The molecule has 180 valence electrons. The number of unbranched alkanes of at least 4 members (excludes halogenated alkanes) is 2. The van der Waals surface area contributed by atoms with Gasteiger partial charge in [0.1, 0.15) is 11.0 Å². The van der Waals surface area contributed by atoms with Crippen molar-refractivity contribution in [2.75, 3.05) is 13.2 Å². The molecule has 32 heavy (non-hydrogen) atoms. The first kappa shape index (κ1) is 27.2. The highest BCUT2D eigenvalue weighted by Crippen LogP contribution is 2.37. The Morgan fingerprint density at radius 3 is 1.41 bits per heavy atom. The van der Waals surface area contributed by atoms with Crippen LogP contribution >= 0.6 is 31.9 Å². The summed E-state index contributed by atoms with van der Waals surface area (Å²) in [5.74, 6) is -0.828. The quantitative estimate of drug-likeness (QED) is 0.166. The van der Waals surface area contributed by atoms with E-state index in [1.165, 1.54) is 0 Å². The van der Waals surface area contributed by atoms with Gasteiger partial charge in [-0.05, 0) is 56.5 Å². The summed E-state index contributed by atoms with van der Waals surface area (Å²) in [6, 6.07) is 0. The number of hydrogen-bond donors (Lipinski definition) is 0. The fourth-order valence-corrected chi connectivity index (χ4v) is 4.39. The van der Waals surface area contributed by atoms with Crippen LogP contribution in [0.1, 0.15) is 79.1 Å². The zero-order valence-corrected chi connectivity index (χ0v) is 22.6. The van der Waals surface area contributed by atoms with Gasteiger partial charge < -0.3 is 9.47 Å². The van der Waals surface area contributed by atoms with Crippen LogP contribution in [0.2, 0.25) is 0 Å². The first-order valence-electron chi connectivity index (χ1n) is 11.7. The second kappa shape index (κ2) is 13.6. The molecule has 4 nitrogen and oxygen atoms in total. The van der Waals surface area contributed by atoms with Gasteiger partial charge in [-0.2, -0.15) is 0 Å². The van der Waals surface area contributed by atoms with Crippen molar-refractivity contribution in [3.63, 3.8) is 0 Å². The van der Waals surface area contributed by atoms with E-state index >= 15 is 0 Å². The molecule has 0 saturated heterocycles. The van der Waals surface area contributed by atoms with Crippen molar-refractivity contribution in [1.82, 2.24) is 9.97 Å². The van der Waals surface area contributed by atoms with Gasteiger partial charge in [0.2, 0.25) is 0 Å². The highest BCUT2D eigenvalue weighted by Gasteiger charge is 2.24. The summed E-state index contributed by atoms with van der Waals surface area (Å²) in [4.78, 5) is 8.99. The summed E-state index contributed by atoms with van der Waals surface area (Å²) in [5, 5.41) is 0. The van der Waals surface area contributed by atoms with Gasteiger partial charge in [0.25, 0.3) is 11.8 Å². The van der Waals surface area contributed by atoms with Gasteiger partial charge in [0, 0.05) is 0 Å². The second-order valence-electron chi connectivity index (χ2n) is 8.24. The average Bonchev–Trinajstić information content (AvgIpc) is 2.81. The normalized spacial score (nSPS) is 13.4. The lowest BCUT2D eigenvalue weighted by Gasteiger charge is -2.19. The fraction of sp³-hybridized carbons (Fsp3) is 0.667. The van der Waals surface area contributed by atoms with Crippen LogP contribution in [-0.4, -0.2) is 23.2 Å². The van der Waals surface area contributed by atoms with Crippen molar-refractivity contribution in [3.05, 3.63) is 20.6 Å². The molecule has 0 saturated carbocycles. The van der Waals surface area contributed by atoms with Gasteiger partial charge in [-0.3, -0.25) is 0 Å². The smallest absolute Gasteiger partial charge is 0.278 e. The lowest BCUT2D eigenvalue weighted by Crippen LogP contribution is -2.16. The van der Waals surface area contributed by atoms with E-state index in [9.17, 15) is 8.78 Å². The van der Waals surface area contributed by atoms with Crippen LogP contribution in [0.15, 0.2) is 8.95 Å². The first-order chi connectivity index (χ1) is 15.4. The molecular weight excluding hydrogens is 546 g/mol. The van der Waals surface area contributed by atoms with Crippen molar-refractivity contribution in [2.24, 2.45) is 11.8 Å². The molecule has 0 aliphatic heterocycles. The molecule has 0 N–H and O–H groups in total. The molecule has 0 aliphatic rings. The SMILES string of the molecule is CCCCC(CC)COc1nc2c(Br)c(F)c(F)c(Br)c2nc1OCC(CC)CCCC. The zero-order chi connectivity index (χ0) is 23.7. The fourth-order valence-electron chi connectivity index (χ4n) is 3.49. The maximum atomic E-state index is 14.3. The molecule has 2 atom stereocenters. The minimum atomic E-state index is -1.02. The van der Waals surface area contributed by atoms with Crippen LogP contribution in [0.25, 0.3) is 11.0 Å². The topological polar surface area (TPSA) is 44.2 Å². The molecule has 0 amide bonds. The van der Waals surface area contributed by atoms with Gasteiger partial charge in [0.15, 0.2) is 11.6 Å². The minimum Gasteiger partial charge on any atom is -0.474 e. The van der Waals surface area contributed by atoms with Crippen LogP contribution < -0.4 is 9.47 Å². The Bertz CT molecular complexity index is 813. The Morgan fingerprint density at radius 2 is 1.09 bits per heavy atom. The molecule has 0 fully saturated rings. The van der Waals surface area contributed by atoms with E-state index in [4.69, 9.17) is 9.47 Å². The maximum Gasteiger partial charge on any atom is 0.278 e. The Balaban J connectivity index is 2.39. The third kappa shape index (κ3) is 6.99. The highest BCUT2D eigenvalue weighted by molar-refractivity contribution is 9.11. The molecule has 8 heteroatoms. The number of rotatable bonds is 14. The van der Waals surface area contributed by atoms with Crippen LogP contribution in [0.5, 0.6) is 11.8 Å². The van der Waals surface area contributed by atoms with Gasteiger partial charge in [0.05, 0.1) is 22.2 Å². The van der Waals surface area contributed by atoms with E-state index in [0.29, 0.717) is 25.0 Å². The summed E-state index contributed by atoms with van der Waals surface area (Å²) >= 11 is 6.24. The number of ether oxygens (including phenoxy) is 2. The summed E-state index contributed by atoms with van der Waals surface area (Å²) in [5.41, 5.74) is 0.385. The zero-order valence-electron chi connectivity index (χ0n) is 19.4. The molecule has 2 unspecified atom stereocenters. The molecule has 0 spiro atoms. The first-order valence-corrected chi connectivity index (χ1v) is 13.2. The van der Waals surface area contributed by atoms with E-state index in [2.05, 4.69) is 69.5 Å². The molecule has 2 aromatic rings. The molecule has 0 aliphatic carbocycles. The molecule has 0 bridgehead atoms. The number of hydrogen-bond acceptors (Lipinski definition) is 4. The molecule has 1 heterocycles. The number of benzene rings is 1. The van der Waals surface area contributed by atoms with Gasteiger partial charge in [-0.1, -0.05) is 66.2 Å². The predicted molar refractivity (Wildman–Crippen MR) is 132 cm³/mol. The van der Waals surface area contributed by atoms with E-state index in [1.807, 2.05) is 0 Å². The standard InChI is InChI=1S/C24H34Br2F2N2O2/c1-5-9-11-15(7-3)13-31-23-24(32-14-16(8-4)12-10-6-2)30-22-18(26)20(28)19(27)17(25)21(22)29-23/h15-16H,5-14H2,1-4H3. The molecule has 1 aromatic heterocycles. The Hall–Kier alpha value is -1.02. The van der Waals surface area contributed by atoms with E-state index in [1.54, 1.807) is 0 Å². The predicted octanol–water partition coefficient (Wildman–Crippen LogP) is 8.62. The Labute approximate surface area is 207 Å². The molecular formula is C24H34Br2F2N2O2. The van der Waals surface area contributed by atoms with E-state index in [0.717, 1.165) is 51.4 Å². The van der Waals surface area contributed by atoms with Gasteiger partial charge >= 0.3 is 0 Å². The van der Waals surface area contributed by atoms with Crippen LogP contribution in [0.4, 0.5) is 8.78 Å². The third-order valence-corrected chi connectivity index (χ3v) is 7.27. The average molecular weight is 580 g/mol. The monoisotopic (exact) mass is 578 g/mol. The van der Waals surface area contributed by atoms with Crippen molar-refractivity contribution < 1.29 is 18.3 Å². The number of fused-ring (bicyclic) bond motifs is 1. The highest BCUT2D eigenvalue weighted by atomic mass is 79.9. The summed E-state index contributed by atoms with van der Waals surface area (Å²) in [6.07, 6.45) is 8.62. The minimum absolute atomic E-state index is 0.0792. The Kier molecular flexibility index (Phi) is 11.6. The van der Waals surface area contributed by atoms with Crippen molar-refractivity contribution in [3.8, 4) is 11.8 Å². The molecule has 0 radical (unpaired) electrons. The maximum absolute atomic E-state index is 14.3. The molecule has 2 rings (SSSR count). The van der Waals surface area contributed by atoms with Gasteiger partial charge in [-0.15, -0.1) is 0 Å². The van der Waals surface area contributed by atoms with Crippen LogP contribution in [0.3, 0.4) is 0 Å². The summed E-state index contributed by atoms with van der Waals surface area (Å²) in [7, 11) is 0. The van der Waals surface area contributed by atoms with Crippen molar-refractivity contribution in [2.45, 2.75) is 79.1 Å². The van der Waals surface area contributed by atoms with Crippen LogP contribution in [0, 0.1) is 23.5 Å². The van der Waals surface area contributed by atoms with Crippen molar-refractivity contribution in [1.29, 1.82) is 0 Å². The lowest BCUT2D eigenvalue weighted by molar-refractivity contribution is 0.188. The Morgan fingerprint density at radius 1 is 0.719 bits per heavy atom. The van der Waals surface area contributed by atoms with Gasteiger partial charge in [-0.25, -0.2) is 18.7 Å².